The van der Waals surface area contributed by atoms with Gasteiger partial charge in [0.2, 0.25) is 0 Å². The second-order valence-electron chi connectivity index (χ2n) is 6.55. The van der Waals surface area contributed by atoms with Crippen LogP contribution in [0.3, 0.4) is 0 Å². The zero-order chi connectivity index (χ0) is 24.3. The smallest absolute Gasteiger partial charge is 0.302 e. The highest BCUT2D eigenvalue weighted by Gasteiger charge is 2.36. The molecule has 1 aliphatic rings. The van der Waals surface area contributed by atoms with E-state index >= 15 is 0 Å². The van der Waals surface area contributed by atoms with Crippen molar-refractivity contribution >= 4 is 23.5 Å². The number of likely N-dealkylation sites (tertiary alicyclic amines) is 1. The van der Waals surface area contributed by atoms with E-state index in [0.717, 1.165) is 17.7 Å². The van der Waals surface area contributed by atoms with E-state index < -0.39 is 17.6 Å². The van der Waals surface area contributed by atoms with E-state index in [0.29, 0.717) is 24.2 Å². The lowest BCUT2D eigenvalue weighted by Gasteiger charge is -2.18. The molecule has 2 rings (SSSR count). The van der Waals surface area contributed by atoms with Gasteiger partial charge in [-0.1, -0.05) is 44.7 Å². The van der Waals surface area contributed by atoms with Crippen LogP contribution in [0.25, 0.3) is 0 Å². The molecule has 0 bridgehead atoms. The minimum Gasteiger partial charge on any atom is -0.302 e. The summed E-state index contributed by atoms with van der Waals surface area (Å²) in [6, 6.07) is 4.57. The van der Waals surface area contributed by atoms with Gasteiger partial charge in [0.25, 0.3) is 5.91 Å². The summed E-state index contributed by atoms with van der Waals surface area (Å²) in [4.78, 5) is 22.8. The summed E-state index contributed by atoms with van der Waals surface area (Å²) >= 11 is 0. The predicted octanol–water partition coefficient (Wildman–Crippen LogP) is 6.70. The lowest BCUT2D eigenvalue weighted by atomic mass is 10.1. The van der Waals surface area contributed by atoms with Crippen LogP contribution in [0.1, 0.15) is 39.7 Å². The highest BCUT2D eigenvalue weighted by atomic mass is 19.4. The van der Waals surface area contributed by atoms with Gasteiger partial charge in [0.1, 0.15) is 5.71 Å². The van der Waals surface area contributed by atoms with Crippen LogP contribution < -0.4 is 0 Å². The maximum Gasteiger partial charge on any atom is 0.416 e. The van der Waals surface area contributed by atoms with Gasteiger partial charge in [-0.25, -0.2) is 4.99 Å². The van der Waals surface area contributed by atoms with Gasteiger partial charge in [0.15, 0.2) is 0 Å². The fourth-order valence-corrected chi connectivity index (χ4v) is 2.87. The first-order valence-corrected chi connectivity index (χ1v) is 10.4. The first-order chi connectivity index (χ1) is 15.2. The van der Waals surface area contributed by atoms with Crippen molar-refractivity contribution in [2.45, 2.75) is 40.3 Å². The minimum absolute atomic E-state index is 0.0321. The van der Waals surface area contributed by atoms with Gasteiger partial charge in [-0.15, -0.1) is 0 Å². The van der Waals surface area contributed by atoms with Crippen LogP contribution in [0.5, 0.6) is 0 Å². The van der Waals surface area contributed by atoms with Crippen LogP contribution in [0.4, 0.5) is 18.9 Å². The van der Waals surface area contributed by atoms with Crippen LogP contribution in [0.2, 0.25) is 0 Å². The summed E-state index contributed by atoms with van der Waals surface area (Å²) in [5, 5.41) is 0. The van der Waals surface area contributed by atoms with E-state index in [4.69, 9.17) is 0 Å². The Bertz CT molecular complexity index is 967. The van der Waals surface area contributed by atoms with Crippen molar-refractivity contribution < 1.29 is 18.0 Å². The number of hydrogen-bond donors (Lipinski definition) is 0. The molecular weight excluding hydrogens is 415 g/mol. The lowest BCUT2D eigenvalue weighted by Crippen LogP contribution is -2.28. The third-order valence-electron chi connectivity index (χ3n) is 4.50. The Morgan fingerprint density at radius 2 is 1.91 bits per heavy atom. The second-order valence-corrected chi connectivity index (χ2v) is 6.55. The summed E-state index contributed by atoms with van der Waals surface area (Å²) in [6.07, 6.45) is 5.08. The quantitative estimate of drug-likeness (QED) is 0.355. The molecule has 0 N–H and O–H groups in total. The number of hydrogen-bond acceptors (Lipinski definition) is 3. The molecule has 0 atom stereocenters. The van der Waals surface area contributed by atoms with E-state index in [1.165, 1.54) is 17.0 Å². The molecule has 0 spiro atoms. The Kier molecular flexibility index (Phi) is 10.5. The van der Waals surface area contributed by atoms with Gasteiger partial charge in [0.05, 0.1) is 16.9 Å². The van der Waals surface area contributed by atoms with Crippen LogP contribution in [0, 0.1) is 0 Å². The molecule has 172 valence electrons. The van der Waals surface area contributed by atoms with Crippen molar-refractivity contribution in [2.75, 3.05) is 13.6 Å². The monoisotopic (exact) mass is 445 g/mol. The molecule has 0 saturated carbocycles. The number of allylic oxidation sites excluding steroid dienone is 5. The number of carbonyl (C=O) groups excluding carboxylic acids is 1. The number of nitrogens with zero attached hydrogens (tertiary/aromatic N) is 3. The number of alkyl halides is 3. The second kappa shape index (κ2) is 12.6. The first-order valence-electron chi connectivity index (χ1n) is 10.4. The largest absolute Gasteiger partial charge is 0.416 e. The third kappa shape index (κ3) is 6.90. The molecule has 1 heterocycles. The number of aliphatic imine (C=N–C) groups is 2. The zero-order valence-electron chi connectivity index (χ0n) is 19.2. The molecule has 0 aromatic heterocycles. The fraction of sp³-hybridized carbons (Fsp3) is 0.320. The Labute approximate surface area is 188 Å². The standard InChI is InChI=1S/C23H24F3N3O.C2H6/c1-5-7-11-20-16(3)21(22(30)29(20)15-17(6-2)12-13-27-4)28-19-10-8-9-18(14-19)23(24,25)26;1-2/h5-11,13-14H,3,12,15H2,1-2,4H3;1-2H3/b7-5-,17-6+,20-11+,27-13?,28-21?;. The Morgan fingerprint density at radius 3 is 2.47 bits per heavy atom. The van der Waals surface area contributed by atoms with Crippen molar-refractivity contribution in [3.63, 3.8) is 0 Å². The van der Waals surface area contributed by atoms with Gasteiger partial charge in [0, 0.05) is 31.8 Å². The lowest BCUT2D eigenvalue weighted by molar-refractivity contribution is -0.137. The molecule has 1 saturated heterocycles. The molecule has 0 radical (unpaired) electrons. The molecular formula is C25H30F3N3O. The molecule has 32 heavy (non-hydrogen) atoms. The van der Waals surface area contributed by atoms with E-state index in [2.05, 4.69) is 16.6 Å². The molecule has 1 aromatic rings. The van der Waals surface area contributed by atoms with Crippen molar-refractivity contribution in [1.82, 2.24) is 4.90 Å². The highest BCUT2D eigenvalue weighted by Crippen LogP contribution is 2.33. The average molecular weight is 446 g/mol. The number of carbonyl (C=O) groups is 1. The maximum atomic E-state index is 13.1. The molecule has 4 nitrogen and oxygen atoms in total. The molecule has 0 aliphatic carbocycles. The number of amides is 1. The van der Waals surface area contributed by atoms with Gasteiger partial charge < -0.3 is 9.89 Å². The summed E-state index contributed by atoms with van der Waals surface area (Å²) < 4.78 is 39.0. The minimum atomic E-state index is -4.49. The van der Waals surface area contributed by atoms with Gasteiger partial charge in [-0.05, 0) is 43.7 Å². The van der Waals surface area contributed by atoms with Crippen molar-refractivity contribution in [2.24, 2.45) is 9.98 Å². The molecule has 7 heteroatoms. The Balaban J connectivity index is 0.00000249. The molecule has 0 unspecified atom stereocenters. The first kappa shape index (κ1) is 26.8. The van der Waals surface area contributed by atoms with E-state index in [9.17, 15) is 18.0 Å². The molecule has 1 fully saturated rings. The Hall–Kier alpha value is -3.22. The average Bonchev–Trinajstić information content (AvgIpc) is 2.99. The summed E-state index contributed by atoms with van der Waals surface area (Å²) in [7, 11) is 1.67. The van der Waals surface area contributed by atoms with Crippen molar-refractivity contribution in [1.29, 1.82) is 0 Å². The zero-order valence-corrected chi connectivity index (χ0v) is 19.2. The van der Waals surface area contributed by atoms with E-state index in [1.807, 2.05) is 39.8 Å². The van der Waals surface area contributed by atoms with Gasteiger partial charge in [-0.2, -0.15) is 13.2 Å². The fourth-order valence-electron chi connectivity index (χ4n) is 2.87. The predicted molar refractivity (Wildman–Crippen MR) is 126 cm³/mol. The van der Waals surface area contributed by atoms with Crippen molar-refractivity contribution in [3.05, 3.63) is 77.6 Å². The van der Waals surface area contributed by atoms with Gasteiger partial charge in [-0.3, -0.25) is 4.79 Å². The number of halogens is 3. The van der Waals surface area contributed by atoms with Crippen LogP contribution in [-0.2, 0) is 11.0 Å². The normalized spacial score (nSPS) is 17.8. The SMILES string of the molecule is C=C1C(=Nc2cccc(C(F)(F)F)c2)C(=O)N(C/C(=C/C)CC=NC)/C1=C/C=C\C.CC. The molecule has 1 amide bonds. The van der Waals surface area contributed by atoms with E-state index in [-0.39, 0.29) is 11.4 Å². The Morgan fingerprint density at radius 1 is 1.22 bits per heavy atom. The summed E-state index contributed by atoms with van der Waals surface area (Å²) in [5.41, 5.74) is 1.16. The van der Waals surface area contributed by atoms with Crippen LogP contribution in [0.15, 0.2) is 82.0 Å². The third-order valence-corrected chi connectivity index (χ3v) is 4.50. The molecule has 1 aromatic carbocycles. The highest BCUT2D eigenvalue weighted by molar-refractivity contribution is 6.50. The van der Waals surface area contributed by atoms with Gasteiger partial charge >= 0.3 is 6.18 Å². The van der Waals surface area contributed by atoms with Crippen LogP contribution in [-0.4, -0.2) is 36.3 Å². The summed E-state index contributed by atoms with van der Waals surface area (Å²) in [6.45, 7) is 12.0. The van der Waals surface area contributed by atoms with Crippen molar-refractivity contribution in [3.8, 4) is 0 Å². The van der Waals surface area contributed by atoms with E-state index in [1.54, 1.807) is 25.4 Å². The molecule has 1 aliphatic heterocycles. The number of rotatable bonds is 6. The summed E-state index contributed by atoms with van der Waals surface area (Å²) in [5.74, 6) is -0.402. The van der Waals surface area contributed by atoms with Crippen LogP contribution >= 0.6 is 0 Å². The topological polar surface area (TPSA) is 45.0 Å². The maximum absolute atomic E-state index is 13.1. The number of benzene rings is 1.